The highest BCUT2D eigenvalue weighted by Gasteiger charge is 2.17. The number of ether oxygens (including phenoxy) is 1. The van der Waals surface area contributed by atoms with Gasteiger partial charge in [0.25, 0.3) is 5.91 Å². The lowest BCUT2D eigenvalue weighted by atomic mass is 10.2. The molecule has 2 rings (SSSR count). The number of rotatable bonds is 6. The van der Waals surface area contributed by atoms with E-state index in [9.17, 15) is 14.0 Å². The molecule has 0 radical (unpaired) electrons. The number of amides is 1. The molecule has 1 atom stereocenters. The first-order valence-electron chi connectivity index (χ1n) is 6.81. The van der Waals surface area contributed by atoms with E-state index in [0.717, 1.165) is 5.56 Å². The molecule has 116 valence electrons. The zero-order valence-electron chi connectivity index (χ0n) is 12.0. The summed E-state index contributed by atoms with van der Waals surface area (Å²) in [5, 5.41) is 6.48. The van der Waals surface area contributed by atoms with Crippen LogP contribution in [0.15, 0.2) is 41.1 Å². The zero-order chi connectivity index (χ0) is 15.9. The van der Waals surface area contributed by atoms with Gasteiger partial charge in [0.2, 0.25) is 0 Å². The van der Waals surface area contributed by atoms with Crippen molar-refractivity contribution >= 4 is 28.9 Å². The largest absolute Gasteiger partial charge is 0.453 e. The summed E-state index contributed by atoms with van der Waals surface area (Å²) < 4.78 is 17.9. The maximum atomic E-state index is 12.8. The van der Waals surface area contributed by atoms with Crippen LogP contribution in [0.1, 0.15) is 18.9 Å². The Labute approximate surface area is 131 Å². The summed E-state index contributed by atoms with van der Waals surface area (Å²) in [7, 11) is 0. The van der Waals surface area contributed by atoms with Crippen LogP contribution in [-0.2, 0) is 20.7 Å². The Kier molecular flexibility index (Phi) is 5.66. The third-order valence-electron chi connectivity index (χ3n) is 2.99. The smallest absolute Gasteiger partial charge is 0.306 e. The van der Waals surface area contributed by atoms with Gasteiger partial charge in [0, 0.05) is 12.1 Å². The second-order valence-corrected chi connectivity index (χ2v) is 5.54. The number of esters is 1. The molecule has 6 heteroatoms. The SMILES string of the molecule is C[C@@H](OC(=O)CCc1ccsc1)C(=O)Nc1ccc(F)cc1. The predicted molar refractivity (Wildman–Crippen MR) is 83.2 cm³/mol. The van der Waals surface area contributed by atoms with Gasteiger partial charge in [0.05, 0.1) is 0 Å². The molecule has 1 aromatic carbocycles. The van der Waals surface area contributed by atoms with Gasteiger partial charge in [0.15, 0.2) is 6.10 Å². The molecule has 1 heterocycles. The van der Waals surface area contributed by atoms with Crippen molar-refractivity contribution < 1.29 is 18.7 Å². The number of halogens is 1. The van der Waals surface area contributed by atoms with Crippen LogP contribution in [0.3, 0.4) is 0 Å². The molecular formula is C16H16FNO3S. The van der Waals surface area contributed by atoms with Crippen molar-refractivity contribution in [2.45, 2.75) is 25.9 Å². The van der Waals surface area contributed by atoms with Crippen molar-refractivity contribution in [2.75, 3.05) is 5.32 Å². The van der Waals surface area contributed by atoms with E-state index in [4.69, 9.17) is 4.74 Å². The molecular weight excluding hydrogens is 305 g/mol. The number of thiophene rings is 1. The van der Waals surface area contributed by atoms with Crippen LogP contribution in [0.25, 0.3) is 0 Å². The number of anilines is 1. The van der Waals surface area contributed by atoms with Crippen LogP contribution >= 0.6 is 11.3 Å². The highest BCUT2D eigenvalue weighted by Crippen LogP contribution is 2.11. The second-order valence-electron chi connectivity index (χ2n) is 4.76. The summed E-state index contributed by atoms with van der Waals surface area (Å²) in [5.41, 5.74) is 1.53. The molecule has 1 N–H and O–H groups in total. The first kappa shape index (κ1) is 16.2. The lowest BCUT2D eigenvalue weighted by Gasteiger charge is -2.13. The molecule has 0 aliphatic heterocycles. The molecule has 2 aromatic rings. The fourth-order valence-corrected chi connectivity index (χ4v) is 2.47. The third-order valence-corrected chi connectivity index (χ3v) is 3.72. The number of nitrogens with one attached hydrogen (secondary N) is 1. The standard InChI is InChI=1S/C16H16FNO3S/c1-11(16(20)18-14-5-3-13(17)4-6-14)21-15(19)7-2-12-8-9-22-10-12/h3-6,8-11H,2,7H2,1H3,(H,18,20)/t11-/m1/s1. The third kappa shape index (κ3) is 4.96. The van der Waals surface area contributed by atoms with Crippen LogP contribution in [0.4, 0.5) is 10.1 Å². The van der Waals surface area contributed by atoms with Crippen molar-refractivity contribution in [3.05, 3.63) is 52.5 Å². The quantitative estimate of drug-likeness (QED) is 0.830. The van der Waals surface area contributed by atoms with E-state index < -0.39 is 18.0 Å². The zero-order valence-corrected chi connectivity index (χ0v) is 12.9. The van der Waals surface area contributed by atoms with E-state index in [1.54, 1.807) is 11.3 Å². The number of carbonyl (C=O) groups excluding carboxylic acids is 2. The average molecular weight is 321 g/mol. The van der Waals surface area contributed by atoms with E-state index >= 15 is 0 Å². The molecule has 0 aliphatic rings. The number of aryl methyl sites for hydroxylation is 1. The van der Waals surface area contributed by atoms with E-state index in [1.165, 1.54) is 31.2 Å². The highest BCUT2D eigenvalue weighted by atomic mass is 32.1. The number of carbonyl (C=O) groups is 2. The molecule has 1 amide bonds. The van der Waals surface area contributed by atoms with Crippen LogP contribution in [-0.4, -0.2) is 18.0 Å². The van der Waals surface area contributed by atoms with Crippen LogP contribution < -0.4 is 5.32 Å². The van der Waals surface area contributed by atoms with Gasteiger partial charge in [-0.25, -0.2) is 4.39 Å². The Bertz CT molecular complexity index is 625. The molecule has 22 heavy (non-hydrogen) atoms. The average Bonchev–Trinajstić information content (AvgIpc) is 3.01. The Balaban J connectivity index is 1.77. The lowest BCUT2D eigenvalue weighted by Crippen LogP contribution is -2.30. The topological polar surface area (TPSA) is 55.4 Å². The van der Waals surface area contributed by atoms with Gasteiger partial charge >= 0.3 is 5.97 Å². The van der Waals surface area contributed by atoms with E-state index in [0.29, 0.717) is 12.1 Å². The first-order chi connectivity index (χ1) is 10.5. The van der Waals surface area contributed by atoms with Crippen LogP contribution in [0.2, 0.25) is 0 Å². The summed E-state index contributed by atoms with van der Waals surface area (Å²) in [6.07, 6.45) is -0.0838. The maximum absolute atomic E-state index is 12.8. The van der Waals surface area contributed by atoms with Gasteiger partial charge in [-0.1, -0.05) is 0 Å². The Morgan fingerprint density at radius 3 is 2.64 bits per heavy atom. The van der Waals surface area contributed by atoms with Crippen molar-refractivity contribution in [1.29, 1.82) is 0 Å². The minimum Gasteiger partial charge on any atom is -0.453 e. The summed E-state index contributed by atoms with van der Waals surface area (Å²) in [4.78, 5) is 23.6. The van der Waals surface area contributed by atoms with Crippen molar-refractivity contribution in [3.63, 3.8) is 0 Å². The normalized spacial score (nSPS) is 11.7. The monoisotopic (exact) mass is 321 g/mol. The van der Waals surface area contributed by atoms with Crippen LogP contribution in [0.5, 0.6) is 0 Å². The van der Waals surface area contributed by atoms with Crippen molar-refractivity contribution in [3.8, 4) is 0 Å². The molecule has 1 aromatic heterocycles. The van der Waals surface area contributed by atoms with Gasteiger partial charge < -0.3 is 10.1 Å². The van der Waals surface area contributed by atoms with Gasteiger partial charge in [-0.2, -0.15) is 11.3 Å². The Morgan fingerprint density at radius 1 is 1.27 bits per heavy atom. The Morgan fingerprint density at radius 2 is 2.00 bits per heavy atom. The molecule has 0 saturated carbocycles. The van der Waals surface area contributed by atoms with Crippen molar-refractivity contribution in [1.82, 2.24) is 0 Å². The lowest BCUT2D eigenvalue weighted by molar-refractivity contribution is -0.153. The highest BCUT2D eigenvalue weighted by molar-refractivity contribution is 7.07. The van der Waals surface area contributed by atoms with Gasteiger partial charge in [-0.05, 0) is 60.0 Å². The van der Waals surface area contributed by atoms with E-state index in [-0.39, 0.29) is 12.2 Å². The molecule has 0 fully saturated rings. The summed E-state index contributed by atoms with van der Waals surface area (Å²) in [6.45, 7) is 1.50. The van der Waals surface area contributed by atoms with Crippen LogP contribution in [0, 0.1) is 5.82 Å². The summed E-state index contributed by atoms with van der Waals surface area (Å²) in [6, 6.07) is 7.32. The minimum atomic E-state index is -0.903. The maximum Gasteiger partial charge on any atom is 0.306 e. The summed E-state index contributed by atoms with van der Waals surface area (Å²) in [5.74, 6) is -1.26. The number of hydrogen-bond acceptors (Lipinski definition) is 4. The number of hydrogen-bond donors (Lipinski definition) is 1. The second kappa shape index (κ2) is 7.70. The van der Waals surface area contributed by atoms with Gasteiger partial charge in [0.1, 0.15) is 5.82 Å². The van der Waals surface area contributed by atoms with Gasteiger partial charge in [-0.3, -0.25) is 9.59 Å². The number of benzene rings is 1. The predicted octanol–water partition coefficient (Wildman–Crippen LogP) is 3.39. The van der Waals surface area contributed by atoms with Crippen molar-refractivity contribution in [2.24, 2.45) is 0 Å². The molecule has 0 aliphatic carbocycles. The molecule has 0 spiro atoms. The molecule has 0 saturated heterocycles. The Hall–Kier alpha value is -2.21. The van der Waals surface area contributed by atoms with E-state index in [1.807, 2.05) is 16.8 Å². The summed E-state index contributed by atoms with van der Waals surface area (Å²) >= 11 is 1.57. The molecule has 0 unspecified atom stereocenters. The molecule has 0 bridgehead atoms. The fourth-order valence-electron chi connectivity index (χ4n) is 1.77. The van der Waals surface area contributed by atoms with Gasteiger partial charge in [-0.15, -0.1) is 0 Å². The molecule has 4 nitrogen and oxygen atoms in total. The minimum absolute atomic E-state index is 0.227. The van der Waals surface area contributed by atoms with E-state index in [2.05, 4.69) is 5.32 Å². The fraction of sp³-hybridized carbons (Fsp3) is 0.250. The first-order valence-corrected chi connectivity index (χ1v) is 7.76.